The van der Waals surface area contributed by atoms with E-state index in [0.717, 1.165) is 10.0 Å². The van der Waals surface area contributed by atoms with Crippen LogP contribution in [-0.2, 0) is 16.1 Å². The summed E-state index contributed by atoms with van der Waals surface area (Å²) in [5.41, 5.74) is 0.997. The SMILES string of the molecule is COCCN(CC(=O)O)Cc1ccc(Cl)cc1Br. The van der Waals surface area contributed by atoms with Crippen molar-refractivity contribution in [3.8, 4) is 0 Å². The van der Waals surface area contributed by atoms with Crippen LogP contribution in [0.4, 0.5) is 0 Å². The fourth-order valence-electron chi connectivity index (χ4n) is 1.52. The summed E-state index contributed by atoms with van der Waals surface area (Å²) < 4.78 is 5.85. The number of aliphatic carboxylic acids is 1. The Labute approximate surface area is 120 Å². The summed E-state index contributed by atoms with van der Waals surface area (Å²) in [4.78, 5) is 12.6. The van der Waals surface area contributed by atoms with E-state index in [0.29, 0.717) is 24.7 Å². The second-order valence-electron chi connectivity index (χ2n) is 3.83. The zero-order valence-electron chi connectivity index (χ0n) is 10.0. The summed E-state index contributed by atoms with van der Waals surface area (Å²) in [7, 11) is 1.59. The largest absolute Gasteiger partial charge is 0.480 e. The molecule has 100 valence electrons. The van der Waals surface area contributed by atoms with Crippen LogP contribution in [0.25, 0.3) is 0 Å². The predicted molar refractivity (Wildman–Crippen MR) is 73.9 cm³/mol. The van der Waals surface area contributed by atoms with Gasteiger partial charge in [0.1, 0.15) is 0 Å². The third-order valence-corrected chi connectivity index (χ3v) is 3.35. The number of carboxylic acids is 1. The van der Waals surface area contributed by atoms with Gasteiger partial charge in [0.15, 0.2) is 0 Å². The molecule has 1 aromatic carbocycles. The Morgan fingerprint density at radius 2 is 2.28 bits per heavy atom. The molecule has 0 fully saturated rings. The minimum atomic E-state index is -0.851. The molecule has 4 nitrogen and oxygen atoms in total. The third-order valence-electron chi connectivity index (χ3n) is 2.38. The summed E-state index contributed by atoms with van der Waals surface area (Å²) in [6.45, 7) is 1.59. The molecule has 1 rings (SSSR count). The highest BCUT2D eigenvalue weighted by Crippen LogP contribution is 2.22. The van der Waals surface area contributed by atoms with Crippen molar-refractivity contribution in [3.05, 3.63) is 33.3 Å². The Morgan fingerprint density at radius 3 is 2.83 bits per heavy atom. The first-order chi connectivity index (χ1) is 8.52. The summed E-state index contributed by atoms with van der Waals surface area (Å²) >= 11 is 9.28. The Balaban J connectivity index is 2.71. The molecule has 0 aliphatic heterocycles. The van der Waals surface area contributed by atoms with Crippen molar-refractivity contribution in [2.24, 2.45) is 0 Å². The van der Waals surface area contributed by atoms with Gasteiger partial charge in [0.05, 0.1) is 13.2 Å². The van der Waals surface area contributed by atoms with Gasteiger partial charge in [-0.25, -0.2) is 0 Å². The molecule has 0 amide bonds. The smallest absolute Gasteiger partial charge is 0.317 e. The van der Waals surface area contributed by atoms with E-state index in [-0.39, 0.29) is 6.54 Å². The average molecular weight is 337 g/mol. The first-order valence-corrected chi connectivity index (χ1v) is 6.57. The van der Waals surface area contributed by atoms with Gasteiger partial charge < -0.3 is 9.84 Å². The Kier molecular flexibility index (Phi) is 6.63. The summed E-state index contributed by atoms with van der Waals surface area (Å²) in [6.07, 6.45) is 0. The topological polar surface area (TPSA) is 49.8 Å². The van der Waals surface area contributed by atoms with Crippen LogP contribution in [-0.4, -0.2) is 42.8 Å². The number of halogens is 2. The first kappa shape index (κ1) is 15.4. The van der Waals surface area contributed by atoms with E-state index in [2.05, 4.69) is 15.9 Å². The van der Waals surface area contributed by atoms with Gasteiger partial charge in [-0.1, -0.05) is 33.6 Å². The molecule has 0 aliphatic rings. The van der Waals surface area contributed by atoms with E-state index in [1.807, 2.05) is 6.07 Å². The maximum Gasteiger partial charge on any atom is 0.317 e. The van der Waals surface area contributed by atoms with Crippen LogP contribution in [0.15, 0.2) is 22.7 Å². The first-order valence-electron chi connectivity index (χ1n) is 5.40. The molecule has 1 N–H and O–H groups in total. The van der Waals surface area contributed by atoms with Crippen molar-refractivity contribution in [3.63, 3.8) is 0 Å². The Bertz CT molecular complexity index is 414. The third kappa shape index (κ3) is 5.35. The molecule has 0 atom stereocenters. The molecule has 0 radical (unpaired) electrons. The van der Waals surface area contributed by atoms with E-state index in [1.165, 1.54) is 0 Å². The molecule has 0 spiro atoms. The summed E-state index contributed by atoms with van der Waals surface area (Å²) in [5, 5.41) is 9.50. The Morgan fingerprint density at radius 1 is 1.56 bits per heavy atom. The number of hydrogen-bond acceptors (Lipinski definition) is 3. The zero-order valence-corrected chi connectivity index (χ0v) is 12.4. The van der Waals surface area contributed by atoms with Gasteiger partial charge in [-0.3, -0.25) is 9.69 Å². The number of rotatable bonds is 7. The highest BCUT2D eigenvalue weighted by Gasteiger charge is 2.12. The Hall–Kier alpha value is -0.620. The standard InChI is InChI=1S/C12H15BrClNO3/c1-18-5-4-15(8-12(16)17)7-9-2-3-10(14)6-11(9)13/h2-3,6H,4-5,7-8H2,1H3,(H,16,17). The van der Waals surface area contributed by atoms with E-state index in [9.17, 15) is 4.79 Å². The van der Waals surface area contributed by atoms with Gasteiger partial charge in [0.25, 0.3) is 0 Å². The van der Waals surface area contributed by atoms with E-state index < -0.39 is 5.97 Å². The molecule has 0 aliphatic carbocycles. The molecule has 0 heterocycles. The lowest BCUT2D eigenvalue weighted by atomic mass is 10.2. The van der Waals surface area contributed by atoms with Crippen molar-refractivity contribution >= 4 is 33.5 Å². The van der Waals surface area contributed by atoms with Gasteiger partial charge in [-0.05, 0) is 17.7 Å². The molecule has 6 heteroatoms. The number of ether oxygens (including phenoxy) is 1. The quantitative estimate of drug-likeness (QED) is 0.831. The van der Waals surface area contributed by atoms with Crippen LogP contribution in [0.5, 0.6) is 0 Å². The highest BCUT2D eigenvalue weighted by atomic mass is 79.9. The lowest BCUT2D eigenvalue weighted by molar-refractivity contribution is -0.138. The molecule has 0 aromatic heterocycles. The van der Waals surface area contributed by atoms with Crippen LogP contribution in [0, 0.1) is 0 Å². The fraction of sp³-hybridized carbons (Fsp3) is 0.417. The lowest BCUT2D eigenvalue weighted by Gasteiger charge is -2.20. The van der Waals surface area contributed by atoms with Crippen molar-refractivity contribution in [1.82, 2.24) is 4.90 Å². The average Bonchev–Trinajstić information content (AvgIpc) is 2.29. The second kappa shape index (κ2) is 7.74. The zero-order chi connectivity index (χ0) is 13.5. The number of hydrogen-bond donors (Lipinski definition) is 1. The molecule has 18 heavy (non-hydrogen) atoms. The van der Waals surface area contributed by atoms with Gasteiger partial charge >= 0.3 is 5.97 Å². The van der Waals surface area contributed by atoms with E-state index >= 15 is 0 Å². The molecule has 0 unspecified atom stereocenters. The molecule has 0 saturated carbocycles. The number of methoxy groups -OCH3 is 1. The molecule has 0 saturated heterocycles. The highest BCUT2D eigenvalue weighted by molar-refractivity contribution is 9.10. The van der Waals surface area contributed by atoms with Crippen molar-refractivity contribution in [1.29, 1.82) is 0 Å². The minimum Gasteiger partial charge on any atom is -0.480 e. The molecular formula is C12H15BrClNO3. The maximum atomic E-state index is 10.8. The second-order valence-corrected chi connectivity index (χ2v) is 5.12. The van der Waals surface area contributed by atoms with Crippen LogP contribution in [0.3, 0.4) is 0 Å². The number of benzene rings is 1. The predicted octanol–water partition coefficient (Wildman–Crippen LogP) is 2.64. The fourth-order valence-corrected chi connectivity index (χ4v) is 2.32. The number of carbonyl (C=O) groups is 1. The van der Waals surface area contributed by atoms with Gasteiger partial charge in [-0.2, -0.15) is 0 Å². The van der Waals surface area contributed by atoms with Crippen molar-refractivity contribution in [2.75, 3.05) is 26.8 Å². The summed E-state index contributed by atoms with van der Waals surface area (Å²) in [6, 6.07) is 5.47. The van der Waals surface area contributed by atoms with Crippen LogP contribution < -0.4 is 0 Å². The molecular weight excluding hydrogens is 321 g/mol. The molecule has 1 aromatic rings. The minimum absolute atomic E-state index is 0.0154. The van der Waals surface area contributed by atoms with Crippen LogP contribution in [0.2, 0.25) is 5.02 Å². The van der Waals surface area contributed by atoms with E-state index in [1.54, 1.807) is 24.1 Å². The van der Waals surface area contributed by atoms with Crippen LogP contribution in [0.1, 0.15) is 5.56 Å². The number of carboxylic acid groups (broad SMARTS) is 1. The summed E-state index contributed by atoms with van der Waals surface area (Å²) in [5.74, 6) is -0.851. The normalized spacial score (nSPS) is 10.9. The lowest BCUT2D eigenvalue weighted by Crippen LogP contribution is -2.32. The van der Waals surface area contributed by atoms with Crippen LogP contribution >= 0.6 is 27.5 Å². The van der Waals surface area contributed by atoms with Crippen molar-refractivity contribution in [2.45, 2.75) is 6.54 Å². The maximum absolute atomic E-state index is 10.8. The van der Waals surface area contributed by atoms with Gasteiger partial charge in [0, 0.05) is 29.7 Å². The van der Waals surface area contributed by atoms with E-state index in [4.69, 9.17) is 21.4 Å². The monoisotopic (exact) mass is 335 g/mol. The number of nitrogens with zero attached hydrogens (tertiary/aromatic N) is 1. The molecule has 0 bridgehead atoms. The van der Waals surface area contributed by atoms with Gasteiger partial charge in [0.2, 0.25) is 0 Å². The van der Waals surface area contributed by atoms with Crippen molar-refractivity contribution < 1.29 is 14.6 Å². The van der Waals surface area contributed by atoms with Gasteiger partial charge in [-0.15, -0.1) is 0 Å².